The summed E-state index contributed by atoms with van der Waals surface area (Å²) in [6.07, 6.45) is 3.95. The number of nitrogens with zero attached hydrogens (tertiary/aromatic N) is 1. The molecule has 1 saturated heterocycles. The number of carbonyl (C=O) groups excluding carboxylic acids is 1. The minimum atomic E-state index is 0.0464. The molecule has 0 atom stereocenters. The highest BCUT2D eigenvalue weighted by atomic mass is 16.1. The number of benzene rings is 1. The Morgan fingerprint density at radius 3 is 2.67 bits per heavy atom. The fraction of sp³-hybridized carbons (Fsp3) is 0.533. The molecular formula is C15H22N2O. The minimum Gasteiger partial charge on any atom is -0.351 e. The molecule has 0 bridgehead atoms. The van der Waals surface area contributed by atoms with Crippen LogP contribution < -0.4 is 5.32 Å². The molecule has 1 aliphatic rings. The van der Waals surface area contributed by atoms with Crippen LogP contribution in [-0.2, 0) is 0 Å². The molecule has 0 unspecified atom stereocenters. The van der Waals surface area contributed by atoms with E-state index in [9.17, 15) is 4.79 Å². The molecule has 0 aromatic heterocycles. The van der Waals surface area contributed by atoms with Crippen molar-refractivity contribution in [3.05, 3.63) is 35.4 Å². The van der Waals surface area contributed by atoms with Crippen molar-refractivity contribution in [1.29, 1.82) is 0 Å². The number of hydrogen-bond donors (Lipinski definition) is 1. The Morgan fingerprint density at radius 1 is 1.22 bits per heavy atom. The lowest BCUT2D eigenvalue weighted by Gasteiger charge is -2.26. The predicted molar refractivity (Wildman–Crippen MR) is 73.8 cm³/mol. The van der Waals surface area contributed by atoms with Crippen LogP contribution in [-0.4, -0.2) is 37.0 Å². The molecular weight excluding hydrogens is 224 g/mol. The van der Waals surface area contributed by atoms with Gasteiger partial charge in [-0.15, -0.1) is 0 Å². The summed E-state index contributed by atoms with van der Waals surface area (Å²) in [7, 11) is 0. The Balaban J connectivity index is 1.76. The van der Waals surface area contributed by atoms with Crippen molar-refractivity contribution < 1.29 is 4.79 Å². The van der Waals surface area contributed by atoms with Crippen molar-refractivity contribution in [2.45, 2.75) is 26.2 Å². The second-order valence-corrected chi connectivity index (χ2v) is 4.97. The second-order valence-electron chi connectivity index (χ2n) is 4.97. The Labute approximate surface area is 109 Å². The van der Waals surface area contributed by atoms with Gasteiger partial charge in [-0.1, -0.05) is 24.6 Å². The number of hydrogen-bond acceptors (Lipinski definition) is 2. The maximum Gasteiger partial charge on any atom is 0.251 e. The summed E-state index contributed by atoms with van der Waals surface area (Å²) in [6, 6.07) is 7.72. The minimum absolute atomic E-state index is 0.0464. The van der Waals surface area contributed by atoms with Crippen LogP contribution in [0.1, 0.15) is 35.2 Å². The second kappa shape index (κ2) is 6.55. The van der Waals surface area contributed by atoms with E-state index in [4.69, 9.17) is 0 Å². The molecule has 0 aliphatic carbocycles. The average molecular weight is 246 g/mol. The molecule has 3 nitrogen and oxygen atoms in total. The van der Waals surface area contributed by atoms with Crippen LogP contribution in [0.5, 0.6) is 0 Å². The predicted octanol–water partition coefficient (Wildman–Crippen LogP) is 2.21. The van der Waals surface area contributed by atoms with E-state index >= 15 is 0 Å². The molecule has 1 fully saturated rings. The van der Waals surface area contributed by atoms with Crippen LogP contribution in [0.15, 0.2) is 24.3 Å². The molecule has 3 heteroatoms. The van der Waals surface area contributed by atoms with Gasteiger partial charge in [0.1, 0.15) is 0 Å². The maximum atomic E-state index is 12.0. The number of nitrogens with one attached hydrogen (secondary N) is 1. The maximum absolute atomic E-state index is 12.0. The van der Waals surface area contributed by atoms with Gasteiger partial charge < -0.3 is 10.2 Å². The fourth-order valence-corrected chi connectivity index (χ4v) is 2.43. The molecule has 1 N–H and O–H groups in total. The summed E-state index contributed by atoms with van der Waals surface area (Å²) in [5.74, 6) is 0.0464. The molecule has 1 aliphatic heterocycles. The normalized spacial score (nSPS) is 16.5. The van der Waals surface area contributed by atoms with Crippen molar-refractivity contribution >= 4 is 5.91 Å². The first kappa shape index (κ1) is 13.1. The van der Waals surface area contributed by atoms with Crippen molar-refractivity contribution in [1.82, 2.24) is 10.2 Å². The molecule has 1 heterocycles. The third-order valence-electron chi connectivity index (χ3n) is 3.55. The Morgan fingerprint density at radius 2 is 1.94 bits per heavy atom. The van der Waals surface area contributed by atoms with Crippen LogP contribution in [0.25, 0.3) is 0 Å². The van der Waals surface area contributed by atoms with E-state index in [0.29, 0.717) is 0 Å². The van der Waals surface area contributed by atoms with Gasteiger partial charge in [-0.2, -0.15) is 0 Å². The number of aryl methyl sites for hydroxylation is 1. The summed E-state index contributed by atoms with van der Waals surface area (Å²) >= 11 is 0. The van der Waals surface area contributed by atoms with Crippen molar-refractivity contribution in [2.75, 3.05) is 26.2 Å². The van der Waals surface area contributed by atoms with E-state index in [1.165, 1.54) is 32.4 Å². The third-order valence-corrected chi connectivity index (χ3v) is 3.55. The highest BCUT2D eigenvalue weighted by molar-refractivity contribution is 5.95. The van der Waals surface area contributed by atoms with E-state index in [2.05, 4.69) is 10.2 Å². The lowest BCUT2D eigenvalue weighted by atomic mass is 10.1. The molecule has 18 heavy (non-hydrogen) atoms. The van der Waals surface area contributed by atoms with E-state index < -0.39 is 0 Å². The molecule has 0 saturated carbocycles. The number of rotatable bonds is 4. The highest BCUT2D eigenvalue weighted by Crippen LogP contribution is 2.08. The molecule has 0 spiro atoms. The number of likely N-dealkylation sites (tertiary alicyclic amines) is 1. The Bertz CT molecular complexity index is 397. The van der Waals surface area contributed by atoms with Crippen molar-refractivity contribution in [3.63, 3.8) is 0 Å². The SMILES string of the molecule is Cc1ccccc1C(=O)NCCN1CCCCC1. The van der Waals surface area contributed by atoms with Crippen LogP contribution in [0, 0.1) is 6.92 Å². The largest absolute Gasteiger partial charge is 0.351 e. The summed E-state index contributed by atoms with van der Waals surface area (Å²) in [4.78, 5) is 14.4. The van der Waals surface area contributed by atoms with Crippen LogP contribution in [0.4, 0.5) is 0 Å². The molecule has 1 aromatic carbocycles. The summed E-state index contributed by atoms with van der Waals surface area (Å²) in [6.45, 7) is 6.05. The lowest BCUT2D eigenvalue weighted by Crippen LogP contribution is -2.37. The lowest BCUT2D eigenvalue weighted by molar-refractivity contribution is 0.0946. The van der Waals surface area contributed by atoms with Gasteiger partial charge in [0.05, 0.1) is 0 Å². The average Bonchev–Trinajstić information content (AvgIpc) is 2.40. The summed E-state index contributed by atoms with van der Waals surface area (Å²) in [5, 5.41) is 3.01. The van der Waals surface area contributed by atoms with Crippen molar-refractivity contribution in [2.24, 2.45) is 0 Å². The molecule has 98 valence electrons. The van der Waals surface area contributed by atoms with E-state index in [-0.39, 0.29) is 5.91 Å². The quantitative estimate of drug-likeness (QED) is 0.883. The van der Waals surface area contributed by atoms with Gasteiger partial charge >= 0.3 is 0 Å². The van der Waals surface area contributed by atoms with Gasteiger partial charge in [0.15, 0.2) is 0 Å². The van der Waals surface area contributed by atoms with Crippen LogP contribution in [0.2, 0.25) is 0 Å². The van der Waals surface area contributed by atoms with Gasteiger partial charge in [0.2, 0.25) is 0 Å². The van der Waals surface area contributed by atoms with E-state index in [1.807, 2.05) is 31.2 Å². The Hall–Kier alpha value is -1.35. The molecule has 2 rings (SSSR count). The summed E-state index contributed by atoms with van der Waals surface area (Å²) < 4.78 is 0. The zero-order valence-corrected chi connectivity index (χ0v) is 11.1. The van der Waals surface area contributed by atoms with Gasteiger partial charge in [-0.05, 0) is 44.5 Å². The first-order valence-corrected chi connectivity index (χ1v) is 6.83. The van der Waals surface area contributed by atoms with Gasteiger partial charge in [0, 0.05) is 18.7 Å². The van der Waals surface area contributed by atoms with Gasteiger partial charge in [-0.25, -0.2) is 0 Å². The van der Waals surface area contributed by atoms with Crippen molar-refractivity contribution in [3.8, 4) is 0 Å². The topological polar surface area (TPSA) is 32.3 Å². The number of amides is 1. The molecule has 1 aromatic rings. The first-order chi connectivity index (χ1) is 8.77. The highest BCUT2D eigenvalue weighted by Gasteiger charge is 2.11. The number of piperidine rings is 1. The number of carbonyl (C=O) groups is 1. The van der Waals surface area contributed by atoms with E-state index in [1.54, 1.807) is 0 Å². The van der Waals surface area contributed by atoms with Crippen LogP contribution in [0.3, 0.4) is 0 Å². The third kappa shape index (κ3) is 3.57. The standard InChI is InChI=1S/C15H22N2O/c1-13-7-3-4-8-14(13)15(18)16-9-12-17-10-5-2-6-11-17/h3-4,7-8H,2,5-6,9-12H2,1H3,(H,16,18). The Kier molecular flexibility index (Phi) is 4.76. The van der Waals surface area contributed by atoms with Crippen LogP contribution >= 0.6 is 0 Å². The fourth-order valence-electron chi connectivity index (χ4n) is 2.43. The van der Waals surface area contributed by atoms with Gasteiger partial charge in [0.25, 0.3) is 5.91 Å². The molecule has 0 radical (unpaired) electrons. The smallest absolute Gasteiger partial charge is 0.251 e. The zero-order chi connectivity index (χ0) is 12.8. The first-order valence-electron chi connectivity index (χ1n) is 6.83. The summed E-state index contributed by atoms with van der Waals surface area (Å²) in [5.41, 5.74) is 1.82. The van der Waals surface area contributed by atoms with Gasteiger partial charge in [-0.3, -0.25) is 4.79 Å². The monoisotopic (exact) mass is 246 g/mol. The van der Waals surface area contributed by atoms with E-state index in [0.717, 1.165) is 24.2 Å². The zero-order valence-electron chi connectivity index (χ0n) is 11.1. The molecule has 1 amide bonds.